The van der Waals surface area contributed by atoms with E-state index in [0.29, 0.717) is 12.1 Å². The molecule has 1 saturated carbocycles. The van der Waals surface area contributed by atoms with Crippen molar-refractivity contribution < 1.29 is 14.0 Å². The predicted molar refractivity (Wildman–Crippen MR) is 116 cm³/mol. The van der Waals surface area contributed by atoms with Crippen molar-refractivity contribution in [3.8, 4) is 0 Å². The molecule has 2 aromatic rings. The van der Waals surface area contributed by atoms with E-state index >= 15 is 0 Å². The van der Waals surface area contributed by atoms with Gasteiger partial charge in [0.1, 0.15) is 11.9 Å². The lowest BCUT2D eigenvalue weighted by molar-refractivity contribution is -0.140. The predicted octanol–water partition coefficient (Wildman–Crippen LogP) is 4.54. The molecule has 2 aromatic carbocycles. The van der Waals surface area contributed by atoms with E-state index in [1.54, 1.807) is 30.0 Å². The molecule has 0 unspecified atom stereocenters. The summed E-state index contributed by atoms with van der Waals surface area (Å²) in [6.07, 6.45) is 5.36. The van der Waals surface area contributed by atoms with Crippen molar-refractivity contribution in [1.82, 2.24) is 10.2 Å². The van der Waals surface area contributed by atoms with E-state index in [-0.39, 0.29) is 24.3 Å². The van der Waals surface area contributed by atoms with Gasteiger partial charge in [-0.1, -0.05) is 67.3 Å². The Bertz CT molecular complexity index is 860. The Balaban J connectivity index is 1.76. The number of amides is 2. The Kier molecular flexibility index (Phi) is 7.61. The van der Waals surface area contributed by atoms with Crippen LogP contribution in [0.5, 0.6) is 0 Å². The van der Waals surface area contributed by atoms with E-state index in [1.807, 2.05) is 31.2 Å². The van der Waals surface area contributed by atoms with Crippen molar-refractivity contribution in [2.24, 2.45) is 0 Å². The molecule has 1 aliphatic rings. The fourth-order valence-corrected chi connectivity index (χ4v) is 3.95. The molecular weight excluding hydrogens is 379 g/mol. The molecule has 0 bridgehead atoms. The van der Waals surface area contributed by atoms with Gasteiger partial charge in [-0.25, -0.2) is 4.39 Å². The first-order valence-corrected chi connectivity index (χ1v) is 10.8. The van der Waals surface area contributed by atoms with Gasteiger partial charge in [0.15, 0.2) is 0 Å². The Labute approximate surface area is 178 Å². The third-order valence-electron chi connectivity index (χ3n) is 5.89. The normalized spacial score (nSPS) is 15.4. The first-order valence-electron chi connectivity index (χ1n) is 10.8. The number of benzene rings is 2. The second kappa shape index (κ2) is 10.4. The Morgan fingerprint density at radius 2 is 1.73 bits per heavy atom. The second-order valence-electron chi connectivity index (χ2n) is 8.29. The molecule has 1 fully saturated rings. The van der Waals surface area contributed by atoms with E-state index in [0.717, 1.165) is 36.8 Å². The lowest BCUT2D eigenvalue weighted by Gasteiger charge is -2.31. The maximum Gasteiger partial charge on any atom is 0.242 e. The zero-order valence-electron chi connectivity index (χ0n) is 17.9. The first-order chi connectivity index (χ1) is 14.4. The Hall–Kier alpha value is -2.69. The Morgan fingerprint density at radius 1 is 1.07 bits per heavy atom. The molecule has 0 heterocycles. The molecule has 5 heteroatoms. The summed E-state index contributed by atoms with van der Waals surface area (Å²) in [6.45, 7) is 4.07. The Morgan fingerprint density at radius 3 is 2.40 bits per heavy atom. The van der Waals surface area contributed by atoms with Gasteiger partial charge < -0.3 is 10.2 Å². The summed E-state index contributed by atoms with van der Waals surface area (Å²) in [5.74, 6) is -0.802. The smallest absolute Gasteiger partial charge is 0.242 e. The summed E-state index contributed by atoms with van der Waals surface area (Å²) in [6, 6.07) is 13.7. The van der Waals surface area contributed by atoms with E-state index in [2.05, 4.69) is 5.32 Å². The van der Waals surface area contributed by atoms with Gasteiger partial charge >= 0.3 is 0 Å². The topological polar surface area (TPSA) is 49.4 Å². The van der Waals surface area contributed by atoms with Crippen LogP contribution in [-0.4, -0.2) is 28.8 Å². The summed E-state index contributed by atoms with van der Waals surface area (Å²) in [7, 11) is 0. The molecule has 0 spiro atoms. The van der Waals surface area contributed by atoms with Crippen LogP contribution >= 0.6 is 0 Å². The van der Waals surface area contributed by atoms with E-state index in [9.17, 15) is 14.0 Å². The van der Waals surface area contributed by atoms with Gasteiger partial charge in [0.2, 0.25) is 11.8 Å². The van der Waals surface area contributed by atoms with Crippen molar-refractivity contribution in [3.05, 3.63) is 71.0 Å². The summed E-state index contributed by atoms with van der Waals surface area (Å²) >= 11 is 0. The van der Waals surface area contributed by atoms with Crippen LogP contribution in [0.2, 0.25) is 0 Å². The highest BCUT2D eigenvalue weighted by atomic mass is 19.1. The molecule has 3 rings (SSSR count). The summed E-state index contributed by atoms with van der Waals surface area (Å²) in [5, 5.41) is 3.12. The fourth-order valence-electron chi connectivity index (χ4n) is 3.95. The lowest BCUT2D eigenvalue weighted by atomic mass is 9.95. The SMILES string of the molecule is Cc1ccc(CN(C(=O)Cc2ccccc2F)[C@@H](C)C(=O)NC2CCCCC2)cc1. The third-order valence-corrected chi connectivity index (χ3v) is 5.89. The van der Waals surface area contributed by atoms with Gasteiger partial charge in [0, 0.05) is 12.6 Å². The lowest BCUT2D eigenvalue weighted by Crippen LogP contribution is -2.50. The van der Waals surface area contributed by atoms with Gasteiger partial charge in [0.05, 0.1) is 6.42 Å². The fraction of sp³-hybridized carbons (Fsp3) is 0.440. The van der Waals surface area contributed by atoms with Crippen LogP contribution in [0.4, 0.5) is 4.39 Å². The number of nitrogens with zero attached hydrogens (tertiary/aromatic N) is 1. The monoisotopic (exact) mass is 410 g/mol. The highest BCUT2D eigenvalue weighted by molar-refractivity contribution is 5.88. The van der Waals surface area contributed by atoms with Crippen LogP contribution in [0, 0.1) is 12.7 Å². The molecule has 0 radical (unpaired) electrons. The van der Waals surface area contributed by atoms with Crippen LogP contribution in [0.25, 0.3) is 0 Å². The molecule has 0 aliphatic heterocycles. The van der Waals surface area contributed by atoms with E-state index in [4.69, 9.17) is 0 Å². The molecule has 2 amide bonds. The van der Waals surface area contributed by atoms with E-state index < -0.39 is 11.9 Å². The average Bonchev–Trinajstić information content (AvgIpc) is 2.75. The zero-order chi connectivity index (χ0) is 21.5. The van der Waals surface area contributed by atoms with Crippen molar-refractivity contribution in [1.29, 1.82) is 0 Å². The largest absolute Gasteiger partial charge is 0.352 e. The van der Waals surface area contributed by atoms with Crippen LogP contribution in [0.3, 0.4) is 0 Å². The van der Waals surface area contributed by atoms with Crippen molar-refractivity contribution in [3.63, 3.8) is 0 Å². The minimum Gasteiger partial charge on any atom is -0.352 e. The summed E-state index contributed by atoms with van der Waals surface area (Å²) in [5.41, 5.74) is 2.42. The number of carbonyl (C=O) groups is 2. The van der Waals surface area contributed by atoms with Gasteiger partial charge in [0.25, 0.3) is 0 Å². The van der Waals surface area contributed by atoms with E-state index in [1.165, 1.54) is 12.5 Å². The van der Waals surface area contributed by atoms with Gasteiger partial charge in [-0.15, -0.1) is 0 Å². The van der Waals surface area contributed by atoms with Crippen molar-refractivity contribution >= 4 is 11.8 Å². The minimum absolute atomic E-state index is 0.0699. The quantitative estimate of drug-likeness (QED) is 0.728. The molecule has 30 heavy (non-hydrogen) atoms. The zero-order valence-corrected chi connectivity index (χ0v) is 17.9. The first kappa shape index (κ1) is 22.0. The van der Waals surface area contributed by atoms with Crippen molar-refractivity contribution in [2.75, 3.05) is 0 Å². The number of hydrogen-bond donors (Lipinski definition) is 1. The van der Waals surface area contributed by atoms with Crippen molar-refractivity contribution in [2.45, 2.75) is 71.0 Å². The molecule has 0 aromatic heterocycles. The standard InChI is InChI=1S/C25H31FN2O2/c1-18-12-14-20(15-13-18)17-28(24(29)16-21-8-6-7-11-23(21)26)19(2)25(30)27-22-9-4-3-5-10-22/h6-8,11-15,19,22H,3-5,9-10,16-17H2,1-2H3,(H,27,30)/t19-/m0/s1. The maximum absolute atomic E-state index is 14.1. The van der Waals surface area contributed by atoms with Crippen LogP contribution in [-0.2, 0) is 22.6 Å². The van der Waals surface area contributed by atoms with Crippen LogP contribution in [0.15, 0.2) is 48.5 Å². The number of nitrogens with one attached hydrogen (secondary N) is 1. The maximum atomic E-state index is 14.1. The molecule has 160 valence electrons. The van der Waals surface area contributed by atoms with Gasteiger partial charge in [-0.05, 0) is 43.9 Å². The minimum atomic E-state index is -0.632. The molecular formula is C25H31FN2O2. The summed E-state index contributed by atoms with van der Waals surface area (Å²) < 4.78 is 14.1. The summed E-state index contributed by atoms with van der Waals surface area (Å²) in [4.78, 5) is 27.7. The van der Waals surface area contributed by atoms with Crippen LogP contribution in [0.1, 0.15) is 55.7 Å². The molecule has 0 saturated heterocycles. The average molecular weight is 411 g/mol. The number of carbonyl (C=O) groups excluding carboxylic acids is 2. The third kappa shape index (κ3) is 5.91. The number of rotatable bonds is 7. The van der Waals surface area contributed by atoms with Gasteiger partial charge in [-0.2, -0.15) is 0 Å². The van der Waals surface area contributed by atoms with Crippen LogP contribution < -0.4 is 5.32 Å². The highest BCUT2D eigenvalue weighted by Gasteiger charge is 2.28. The second-order valence-corrected chi connectivity index (χ2v) is 8.29. The molecule has 1 atom stereocenters. The highest BCUT2D eigenvalue weighted by Crippen LogP contribution is 2.19. The number of aryl methyl sites for hydroxylation is 1. The van der Waals surface area contributed by atoms with Gasteiger partial charge in [-0.3, -0.25) is 9.59 Å². The number of hydrogen-bond acceptors (Lipinski definition) is 2. The molecule has 1 aliphatic carbocycles. The molecule has 1 N–H and O–H groups in total. The number of halogens is 1. The molecule has 4 nitrogen and oxygen atoms in total.